The predicted molar refractivity (Wildman–Crippen MR) is 105 cm³/mol. The summed E-state index contributed by atoms with van der Waals surface area (Å²) in [6.45, 7) is 4.11. The fraction of sp³-hybridized carbons (Fsp3) is 0.421. The maximum Gasteiger partial charge on any atom is 0.270 e. The molecule has 0 spiro atoms. The monoisotopic (exact) mass is 381 g/mol. The molecule has 1 heterocycles. The van der Waals surface area contributed by atoms with Gasteiger partial charge in [-0.2, -0.15) is 0 Å². The number of hydrogen-bond donors (Lipinski definition) is 0. The lowest BCUT2D eigenvalue weighted by Gasteiger charge is -2.24. The second kappa shape index (κ2) is 8.75. The SMILES string of the molecule is Cc1ccc(C(=O)N(CCCN(C)C)Cc2ccc(Cl)c(Cl)c2)n1C. The van der Waals surface area contributed by atoms with Gasteiger partial charge in [-0.1, -0.05) is 29.3 Å². The minimum absolute atomic E-state index is 0.0282. The molecule has 0 atom stereocenters. The molecule has 1 aromatic carbocycles. The fourth-order valence-corrected chi connectivity index (χ4v) is 3.00. The molecule has 2 aromatic rings. The van der Waals surface area contributed by atoms with E-state index in [0.717, 1.165) is 24.2 Å². The van der Waals surface area contributed by atoms with Gasteiger partial charge in [-0.3, -0.25) is 4.79 Å². The molecule has 4 nitrogen and oxygen atoms in total. The van der Waals surface area contributed by atoms with Gasteiger partial charge in [-0.05, 0) is 63.8 Å². The van der Waals surface area contributed by atoms with E-state index in [-0.39, 0.29) is 5.91 Å². The van der Waals surface area contributed by atoms with Crippen molar-refractivity contribution in [2.45, 2.75) is 19.9 Å². The Bertz CT molecular complexity index is 740. The first-order valence-electron chi connectivity index (χ1n) is 8.30. The van der Waals surface area contributed by atoms with Crippen LogP contribution in [0, 0.1) is 6.92 Å². The van der Waals surface area contributed by atoms with E-state index in [1.807, 2.05) is 61.8 Å². The van der Waals surface area contributed by atoms with Gasteiger partial charge in [0.1, 0.15) is 5.69 Å². The van der Waals surface area contributed by atoms with Crippen LogP contribution >= 0.6 is 23.2 Å². The van der Waals surface area contributed by atoms with Crippen LogP contribution in [0.4, 0.5) is 0 Å². The molecular weight excluding hydrogens is 357 g/mol. The van der Waals surface area contributed by atoms with Gasteiger partial charge in [-0.25, -0.2) is 0 Å². The Morgan fingerprint density at radius 2 is 1.80 bits per heavy atom. The van der Waals surface area contributed by atoms with Gasteiger partial charge in [0.2, 0.25) is 0 Å². The summed E-state index contributed by atoms with van der Waals surface area (Å²) in [4.78, 5) is 17.0. The Hall–Kier alpha value is -1.49. The number of halogens is 2. The first kappa shape index (κ1) is 19.8. The van der Waals surface area contributed by atoms with Crippen LogP contribution in [-0.4, -0.2) is 47.5 Å². The van der Waals surface area contributed by atoms with E-state index in [4.69, 9.17) is 23.2 Å². The van der Waals surface area contributed by atoms with Gasteiger partial charge in [0, 0.05) is 25.8 Å². The summed E-state index contributed by atoms with van der Waals surface area (Å²) in [6, 6.07) is 9.35. The standard InChI is InChI=1S/C19H25Cl2N3O/c1-14-6-9-18(23(14)4)19(25)24(11-5-10-22(2)3)13-15-7-8-16(20)17(21)12-15/h6-9,12H,5,10-11,13H2,1-4H3. The van der Waals surface area contributed by atoms with Gasteiger partial charge >= 0.3 is 0 Å². The van der Waals surface area contributed by atoms with Crippen molar-refractivity contribution >= 4 is 29.1 Å². The topological polar surface area (TPSA) is 28.5 Å². The highest BCUT2D eigenvalue weighted by Crippen LogP contribution is 2.24. The third-order valence-corrected chi connectivity index (χ3v) is 5.01. The van der Waals surface area contributed by atoms with Crippen LogP contribution in [0.15, 0.2) is 30.3 Å². The molecule has 0 saturated heterocycles. The predicted octanol–water partition coefficient (Wildman–Crippen LogP) is 4.23. The van der Waals surface area contributed by atoms with E-state index >= 15 is 0 Å². The highest BCUT2D eigenvalue weighted by molar-refractivity contribution is 6.42. The molecule has 1 aromatic heterocycles. The summed E-state index contributed by atoms with van der Waals surface area (Å²) in [6.07, 6.45) is 0.906. The Morgan fingerprint density at radius 1 is 1.08 bits per heavy atom. The van der Waals surface area contributed by atoms with Crippen LogP contribution in [0.2, 0.25) is 10.0 Å². The van der Waals surface area contributed by atoms with Crippen LogP contribution in [0.25, 0.3) is 0 Å². The lowest BCUT2D eigenvalue weighted by atomic mass is 10.2. The number of hydrogen-bond acceptors (Lipinski definition) is 2. The summed E-state index contributed by atoms with van der Waals surface area (Å²) in [5.41, 5.74) is 2.73. The van der Waals surface area contributed by atoms with E-state index in [0.29, 0.717) is 28.8 Å². The van der Waals surface area contributed by atoms with E-state index in [1.165, 1.54) is 0 Å². The average molecular weight is 382 g/mol. The average Bonchev–Trinajstić information content (AvgIpc) is 2.88. The largest absolute Gasteiger partial charge is 0.344 e. The number of amides is 1. The smallest absolute Gasteiger partial charge is 0.270 e. The number of carbonyl (C=O) groups excluding carboxylic acids is 1. The summed E-state index contributed by atoms with van der Waals surface area (Å²) < 4.78 is 1.93. The van der Waals surface area contributed by atoms with Gasteiger partial charge in [0.15, 0.2) is 0 Å². The molecule has 0 radical (unpaired) electrons. The van der Waals surface area contributed by atoms with Crippen molar-refractivity contribution in [3.05, 3.63) is 57.3 Å². The summed E-state index contributed by atoms with van der Waals surface area (Å²) in [7, 11) is 5.98. The van der Waals surface area contributed by atoms with Crippen molar-refractivity contribution in [2.75, 3.05) is 27.2 Å². The first-order valence-corrected chi connectivity index (χ1v) is 9.05. The highest BCUT2D eigenvalue weighted by Gasteiger charge is 2.19. The highest BCUT2D eigenvalue weighted by atomic mass is 35.5. The van der Waals surface area contributed by atoms with Crippen LogP contribution in [0.5, 0.6) is 0 Å². The van der Waals surface area contributed by atoms with E-state index in [9.17, 15) is 4.79 Å². The second-order valence-corrected chi connectivity index (χ2v) is 7.37. The van der Waals surface area contributed by atoms with Crippen LogP contribution < -0.4 is 0 Å². The van der Waals surface area contributed by atoms with Gasteiger partial charge in [-0.15, -0.1) is 0 Å². The number of aryl methyl sites for hydroxylation is 1. The van der Waals surface area contributed by atoms with Gasteiger partial charge < -0.3 is 14.4 Å². The molecule has 0 saturated carbocycles. The van der Waals surface area contributed by atoms with Gasteiger partial charge in [0.05, 0.1) is 10.0 Å². The molecule has 0 aliphatic rings. The Morgan fingerprint density at radius 3 is 2.36 bits per heavy atom. The van der Waals surface area contributed by atoms with E-state index in [2.05, 4.69) is 4.90 Å². The van der Waals surface area contributed by atoms with Crippen molar-refractivity contribution in [1.29, 1.82) is 0 Å². The zero-order chi connectivity index (χ0) is 18.6. The number of aromatic nitrogens is 1. The molecule has 0 unspecified atom stereocenters. The maximum atomic E-state index is 13.0. The van der Waals surface area contributed by atoms with Crippen molar-refractivity contribution in [3.8, 4) is 0 Å². The molecule has 1 amide bonds. The van der Waals surface area contributed by atoms with Crippen LogP contribution in [-0.2, 0) is 13.6 Å². The Balaban J connectivity index is 2.20. The minimum atomic E-state index is 0.0282. The van der Waals surface area contributed by atoms with Crippen molar-refractivity contribution < 1.29 is 4.79 Å². The van der Waals surface area contributed by atoms with Crippen LogP contribution in [0.3, 0.4) is 0 Å². The lowest BCUT2D eigenvalue weighted by molar-refractivity contribution is 0.0727. The van der Waals surface area contributed by atoms with E-state index < -0.39 is 0 Å². The molecule has 6 heteroatoms. The summed E-state index contributed by atoms with van der Waals surface area (Å²) in [5, 5.41) is 1.03. The van der Waals surface area contributed by atoms with Crippen molar-refractivity contribution in [3.63, 3.8) is 0 Å². The fourth-order valence-electron chi connectivity index (χ4n) is 2.68. The van der Waals surface area contributed by atoms with Crippen LogP contribution in [0.1, 0.15) is 28.2 Å². The molecule has 0 aliphatic heterocycles. The van der Waals surface area contributed by atoms with Crippen molar-refractivity contribution in [1.82, 2.24) is 14.4 Å². The zero-order valence-electron chi connectivity index (χ0n) is 15.2. The molecule has 2 rings (SSSR count). The molecule has 0 N–H and O–H groups in total. The zero-order valence-corrected chi connectivity index (χ0v) is 16.7. The number of rotatable bonds is 7. The molecule has 0 bridgehead atoms. The number of benzene rings is 1. The van der Waals surface area contributed by atoms with Gasteiger partial charge in [0.25, 0.3) is 5.91 Å². The first-order chi connectivity index (χ1) is 11.8. The normalized spacial score (nSPS) is 11.2. The molecular formula is C19H25Cl2N3O. The third kappa shape index (κ3) is 5.24. The second-order valence-electron chi connectivity index (χ2n) is 6.55. The Kier molecular flexibility index (Phi) is 6.94. The number of nitrogens with zero attached hydrogens (tertiary/aromatic N) is 3. The molecule has 0 aliphatic carbocycles. The summed E-state index contributed by atoms with van der Waals surface area (Å²) in [5.74, 6) is 0.0282. The molecule has 25 heavy (non-hydrogen) atoms. The quantitative estimate of drug-likeness (QED) is 0.717. The number of carbonyl (C=O) groups is 1. The molecule has 136 valence electrons. The van der Waals surface area contributed by atoms with Crippen molar-refractivity contribution in [2.24, 2.45) is 7.05 Å². The maximum absolute atomic E-state index is 13.0. The summed E-state index contributed by atoms with van der Waals surface area (Å²) >= 11 is 12.1. The third-order valence-electron chi connectivity index (χ3n) is 4.27. The molecule has 0 fully saturated rings. The Labute approximate surface area is 159 Å². The minimum Gasteiger partial charge on any atom is -0.344 e. The lowest BCUT2D eigenvalue weighted by Crippen LogP contribution is -2.34. The van der Waals surface area contributed by atoms with E-state index in [1.54, 1.807) is 6.07 Å².